The Kier molecular flexibility index (Phi) is 16.3. The molecule has 9 atom stereocenters. The fraction of sp³-hybridized carbons (Fsp3) is 0.636. The number of aliphatic hydroxyl groups is 4. The Morgan fingerprint density at radius 1 is 1.05 bits per heavy atom. The minimum atomic E-state index is -1.71. The van der Waals surface area contributed by atoms with Crippen LogP contribution in [0.2, 0.25) is 0 Å². The predicted molar refractivity (Wildman–Crippen MR) is 161 cm³/mol. The van der Waals surface area contributed by atoms with Gasteiger partial charge in [-0.05, 0) is 63.7 Å². The molecule has 0 spiro atoms. The van der Waals surface area contributed by atoms with Gasteiger partial charge in [-0.3, -0.25) is 4.79 Å². The molecular weight excluding hydrogens is 524 g/mol. The summed E-state index contributed by atoms with van der Waals surface area (Å²) in [6.45, 7) is 20.3. The lowest BCUT2D eigenvalue weighted by Crippen LogP contribution is -2.41. The standard InChI is InChI=1S/C33H52O8/c1-9-11-12-22(5)33(39)40-27(19-34)17-25(8)31(37)32(38)28(36)18-26(35)16-24(7)23(6)14-20(3)13-21(4)15-30-29(10-2)41-30/h9-10,12,14,21,24-27,29-32,34-35,37-38H,1-3,11,13,15-19H2,4-8H3/b22-12+,23-14+/t21-,24+,25-,26+,27-,29+,30+,31+,32+/m1/s1. The van der Waals surface area contributed by atoms with Gasteiger partial charge in [-0.25, -0.2) is 4.79 Å². The summed E-state index contributed by atoms with van der Waals surface area (Å²) in [5, 5.41) is 41.2. The number of ether oxygens (including phenoxy) is 2. The number of hydrogen-bond acceptors (Lipinski definition) is 8. The highest BCUT2D eigenvalue weighted by atomic mass is 16.6. The molecule has 0 aromatic rings. The van der Waals surface area contributed by atoms with Crippen LogP contribution in [-0.4, -0.2) is 75.4 Å². The summed E-state index contributed by atoms with van der Waals surface area (Å²) < 4.78 is 10.8. The molecule has 0 aromatic heterocycles. The third-order valence-electron chi connectivity index (χ3n) is 7.63. The summed E-state index contributed by atoms with van der Waals surface area (Å²) in [4.78, 5) is 24.8. The zero-order valence-electron chi connectivity index (χ0n) is 25.5. The average molecular weight is 577 g/mol. The van der Waals surface area contributed by atoms with Gasteiger partial charge in [0.05, 0.1) is 24.9 Å². The van der Waals surface area contributed by atoms with Gasteiger partial charge in [-0.2, -0.15) is 0 Å². The maximum atomic E-state index is 12.6. The predicted octanol–water partition coefficient (Wildman–Crippen LogP) is 4.38. The Morgan fingerprint density at radius 3 is 2.27 bits per heavy atom. The van der Waals surface area contributed by atoms with Crippen LogP contribution in [0.15, 0.2) is 60.8 Å². The van der Waals surface area contributed by atoms with Crippen molar-refractivity contribution < 1.29 is 39.5 Å². The minimum Gasteiger partial charge on any atom is -0.457 e. The van der Waals surface area contributed by atoms with Crippen LogP contribution in [0, 0.1) is 17.8 Å². The van der Waals surface area contributed by atoms with Crippen LogP contribution >= 0.6 is 0 Å². The first kappa shape index (κ1) is 36.7. The van der Waals surface area contributed by atoms with Crippen molar-refractivity contribution in [2.45, 2.75) is 110 Å². The highest BCUT2D eigenvalue weighted by Gasteiger charge is 2.36. The lowest BCUT2D eigenvalue weighted by Gasteiger charge is -2.27. The number of carbonyl (C=O) groups is 2. The van der Waals surface area contributed by atoms with Crippen LogP contribution in [0.1, 0.15) is 73.1 Å². The maximum Gasteiger partial charge on any atom is 0.333 e. The molecule has 8 heteroatoms. The molecule has 232 valence electrons. The molecule has 0 radical (unpaired) electrons. The van der Waals surface area contributed by atoms with Crippen molar-refractivity contribution in [3.05, 3.63) is 60.8 Å². The molecule has 1 heterocycles. The molecule has 0 unspecified atom stereocenters. The highest BCUT2D eigenvalue weighted by Crippen LogP contribution is 2.31. The van der Waals surface area contributed by atoms with E-state index in [1.807, 2.05) is 26.0 Å². The number of rotatable bonds is 21. The smallest absolute Gasteiger partial charge is 0.333 e. The number of hydrogen-bond donors (Lipinski definition) is 4. The first-order valence-electron chi connectivity index (χ1n) is 14.5. The quantitative estimate of drug-likeness (QED) is 0.0520. The van der Waals surface area contributed by atoms with Gasteiger partial charge in [0.1, 0.15) is 18.3 Å². The second-order valence-electron chi connectivity index (χ2n) is 11.7. The van der Waals surface area contributed by atoms with Crippen LogP contribution in [0.25, 0.3) is 0 Å². The molecular formula is C33H52O8. The summed E-state index contributed by atoms with van der Waals surface area (Å²) in [5.74, 6) is -1.55. The fourth-order valence-corrected chi connectivity index (χ4v) is 4.84. The van der Waals surface area contributed by atoms with Crippen molar-refractivity contribution in [3.8, 4) is 0 Å². The minimum absolute atomic E-state index is 0.0215. The molecule has 0 amide bonds. The lowest BCUT2D eigenvalue weighted by molar-refractivity contribution is -0.149. The average Bonchev–Trinajstić information content (AvgIpc) is 3.67. The largest absolute Gasteiger partial charge is 0.457 e. The number of Topliss-reactive ketones (excluding diaryl/α,β-unsaturated/α-hetero) is 1. The summed E-state index contributed by atoms with van der Waals surface area (Å²) in [6.07, 6.45) is 4.79. The third-order valence-corrected chi connectivity index (χ3v) is 7.63. The van der Waals surface area contributed by atoms with E-state index in [0.717, 1.165) is 24.0 Å². The van der Waals surface area contributed by atoms with Crippen molar-refractivity contribution in [2.75, 3.05) is 6.61 Å². The normalized spacial score (nSPS) is 22.5. The number of carbonyl (C=O) groups excluding carboxylic acids is 2. The Labute approximate surface area is 246 Å². The Balaban J connectivity index is 2.55. The van der Waals surface area contributed by atoms with Crippen molar-refractivity contribution in [3.63, 3.8) is 0 Å². The first-order chi connectivity index (χ1) is 19.2. The van der Waals surface area contributed by atoms with E-state index in [0.29, 0.717) is 24.3 Å². The Hall–Kier alpha value is -2.36. The van der Waals surface area contributed by atoms with Crippen LogP contribution in [0.3, 0.4) is 0 Å². The van der Waals surface area contributed by atoms with E-state index >= 15 is 0 Å². The zero-order valence-corrected chi connectivity index (χ0v) is 25.5. The van der Waals surface area contributed by atoms with Gasteiger partial charge in [-0.1, -0.05) is 62.8 Å². The SMILES string of the molecule is C=CC/C=C(\C)C(=O)O[C@@H](CO)C[C@@H](C)[C@H](O)[C@@H](O)C(=O)C[C@@H](O)C[C@H](C)/C(C)=C/C(=C)C[C@@H](C)C[C@@H]1O[C@H]1C=C. The first-order valence-corrected chi connectivity index (χ1v) is 14.5. The number of allylic oxidation sites excluding steroid dienone is 5. The summed E-state index contributed by atoms with van der Waals surface area (Å²) in [7, 11) is 0. The van der Waals surface area contributed by atoms with Crippen molar-refractivity contribution in [1.82, 2.24) is 0 Å². The molecule has 8 nitrogen and oxygen atoms in total. The molecule has 1 aliphatic heterocycles. The van der Waals surface area contributed by atoms with E-state index < -0.39 is 48.7 Å². The van der Waals surface area contributed by atoms with Crippen molar-refractivity contribution in [2.24, 2.45) is 17.8 Å². The van der Waals surface area contributed by atoms with E-state index in [1.54, 1.807) is 26.0 Å². The van der Waals surface area contributed by atoms with Crippen LogP contribution in [0.5, 0.6) is 0 Å². The van der Waals surface area contributed by atoms with E-state index in [9.17, 15) is 30.0 Å². The molecule has 1 saturated heterocycles. The maximum absolute atomic E-state index is 12.6. The van der Waals surface area contributed by atoms with E-state index in [-0.39, 0.29) is 31.0 Å². The van der Waals surface area contributed by atoms with Crippen LogP contribution in [-0.2, 0) is 19.1 Å². The molecule has 0 aliphatic carbocycles. The molecule has 4 N–H and O–H groups in total. The monoisotopic (exact) mass is 576 g/mol. The zero-order chi connectivity index (χ0) is 31.3. The van der Waals surface area contributed by atoms with E-state index in [4.69, 9.17) is 9.47 Å². The number of epoxide rings is 1. The molecule has 1 aliphatic rings. The van der Waals surface area contributed by atoms with Gasteiger partial charge in [0.2, 0.25) is 0 Å². The van der Waals surface area contributed by atoms with Gasteiger partial charge in [0.15, 0.2) is 5.78 Å². The summed E-state index contributed by atoms with van der Waals surface area (Å²) in [5.41, 5.74) is 2.39. The van der Waals surface area contributed by atoms with Crippen molar-refractivity contribution >= 4 is 11.8 Å². The molecule has 0 bridgehead atoms. The topological polar surface area (TPSA) is 137 Å². The van der Waals surface area contributed by atoms with Gasteiger partial charge in [-0.15, -0.1) is 13.2 Å². The van der Waals surface area contributed by atoms with E-state index in [1.165, 1.54) is 0 Å². The molecule has 0 aromatic carbocycles. The highest BCUT2D eigenvalue weighted by molar-refractivity contribution is 5.87. The van der Waals surface area contributed by atoms with Gasteiger partial charge < -0.3 is 29.9 Å². The molecule has 0 saturated carbocycles. The van der Waals surface area contributed by atoms with Gasteiger partial charge >= 0.3 is 5.97 Å². The molecule has 41 heavy (non-hydrogen) atoms. The number of ketones is 1. The molecule has 1 fully saturated rings. The van der Waals surface area contributed by atoms with Crippen LogP contribution in [0.4, 0.5) is 0 Å². The van der Waals surface area contributed by atoms with Gasteiger partial charge in [0.25, 0.3) is 0 Å². The molecule has 1 rings (SSSR count). The second-order valence-corrected chi connectivity index (χ2v) is 11.7. The van der Waals surface area contributed by atoms with Gasteiger partial charge in [0, 0.05) is 12.0 Å². The van der Waals surface area contributed by atoms with E-state index in [2.05, 4.69) is 26.7 Å². The Bertz CT molecular complexity index is 951. The summed E-state index contributed by atoms with van der Waals surface area (Å²) in [6, 6.07) is 0. The Morgan fingerprint density at radius 2 is 1.71 bits per heavy atom. The number of esters is 1. The lowest BCUT2D eigenvalue weighted by atomic mass is 9.88. The van der Waals surface area contributed by atoms with Crippen LogP contribution < -0.4 is 0 Å². The third kappa shape index (κ3) is 13.4. The summed E-state index contributed by atoms with van der Waals surface area (Å²) >= 11 is 0. The van der Waals surface area contributed by atoms with Crippen molar-refractivity contribution in [1.29, 1.82) is 0 Å². The second kappa shape index (κ2) is 18.2. The number of aliphatic hydroxyl groups excluding tert-OH is 4. The fourth-order valence-electron chi connectivity index (χ4n) is 4.84.